The van der Waals surface area contributed by atoms with E-state index in [2.05, 4.69) is 67.8 Å². The SMILES string of the molecule is CCCCCCC/C=C\C/C=C\C/C=C\CCCCCCCCCCCCC(=O)NC(COC1OC(CO)C(OC2OC(CO)C(O)C(O)C2O)C(O)C1O)C(O)/C=C/CC/C=C/CCCCCCCCCCCCCCCCCCCCCC. The first-order valence-corrected chi connectivity index (χ1v) is 35.0. The number of hydrogen-bond donors (Lipinski definition) is 9. The fourth-order valence-corrected chi connectivity index (χ4v) is 11.3. The van der Waals surface area contributed by atoms with Crippen LogP contribution in [0.2, 0.25) is 0 Å². The molecule has 2 aliphatic rings. The molecule has 2 heterocycles. The summed E-state index contributed by atoms with van der Waals surface area (Å²) in [7, 11) is 0. The first-order valence-electron chi connectivity index (χ1n) is 35.0. The largest absolute Gasteiger partial charge is 0.394 e. The van der Waals surface area contributed by atoms with Gasteiger partial charge in [-0.15, -0.1) is 0 Å². The summed E-state index contributed by atoms with van der Waals surface area (Å²) in [6.45, 7) is 2.80. The molecule has 0 saturated carbocycles. The van der Waals surface area contributed by atoms with Crippen LogP contribution < -0.4 is 5.32 Å². The number of unbranched alkanes of at least 4 members (excludes halogenated alkanes) is 36. The van der Waals surface area contributed by atoms with Crippen LogP contribution in [0.25, 0.3) is 0 Å². The number of allylic oxidation sites excluding steroid dienone is 9. The minimum atomic E-state index is -1.79. The second kappa shape index (κ2) is 55.7. The van der Waals surface area contributed by atoms with Gasteiger partial charge in [-0.25, -0.2) is 0 Å². The Labute approximate surface area is 517 Å². The van der Waals surface area contributed by atoms with Gasteiger partial charge in [0.1, 0.15) is 48.8 Å². The Morgan fingerprint density at radius 1 is 0.424 bits per heavy atom. The van der Waals surface area contributed by atoms with E-state index >= 15 is 0 Å². The normalized spacial score (nSPS) is 23.9. The first-order chi connectivity index (χ1) is 41.6. The van der Waals surface area contributed by atoms with Gasteiger partial charge in [0.2, 0.25) is 5.91 Å². The summed E-state index contributed by atoms with van der Waals surface area (Å²) in [5.41, 5.74) is 0. The van der Waals surface area contributed by atoms with Crippen molar-refractivity contribution in [1.29, 1.82) is 0 Å². The lowest BCUT2D eigenvalue weighted by Crippen LogP contribution is -2.65. The van der Waals surface area contributed by atoms with E-state index in [1.165, 1.54) is 205 Å². The van der Waals surface area contributed by atoms with E-state index in [0.29, 0.717) is 12.8 Å². The highest BCUT2D eigenvalue weighted by Gasteiger charge is 2.51. The zero-order valence-electron chi connectivity index (χ0n) is 53.8. The third kappa shape index (κ3) is 40.1. The fourth-order valence-electron chi connectivity index (χ4n) is 11.3. The van der Waals surface area contributed by atoms with Crippen molar-refractivity contribution in [3.05, 3.63) is 60.8 Å². The second-order valence-electron chi connectivity index (χ2n) is 24.6. The van der Waals surface area contributed by atoms with Gasteiger partial charge in [0, 0.05) is 6.42 Å². The number of amides is 1. The van der Waals surface area contributed by atoms with Crippen molar-refractivity contribution >= 4 is 5.91 Å². The molecule has 0 radical (unpaired) electrons. The number of nitrogens with one attached hydrogen (secondary N) is 1. The van der Waals surface area contributed by atoms with Crippen molar-refractivity contribution in [3.8, 4) is 0 Å². The minimum absolute atomic E-state index is 0.252. The lowest BCUT2D eigenvalue weighted by Gasteiger charge is -2.46. The van der Waals surface area contributed by atoms with Crippen LogP contribution in [0, 0.1) is 0 Å². The van der Waals surface area contributed by atoms with E-state index in [0.717, 1.165) is 51.4 Å². The summed E-state index contributed by atoms with van der Waals surface area (Å²) in [5.74, 6) is -0.252. The Morgan fingerprint density at radius 3 is 1.24 bits per heavy atom. The lowest BCUT2D eigenvalue weighted by atomic mass is 9.97. The van der Waals surface area contributed by atoms with Gasteiger partial charge in [0.25, 0.3) is 0 Å². The predicted octanol–water partition coefficient (Wildman–Crippen LogP) is 14.1. The molecule has 2 fully saturated rings. The summed E-state index contributed by atoms with van der Waals surface area (Å²) in [6.07, 6.45) is 57.0. The van der Waals surface area contributed by atoms with Crippen molar-refractivity contribution < 1.29 is 64.6 Å². The maximum absolute atomic E-state index is 13.3. The molecule has 2 saturated heterocycles. The van der Waals surface area contributed by atoms with Crippen LogP contribution in [-0.2, 0) is 23.7 Å². The summed E-state index contributed by atoms with van der Waals surface area (Å²) in [4.78, 5) is 13.3. The van der Waals surface area contributed by atoms with Crippen LogP contribution in [0.15, 0.2) is 60.8 Å². The molecule has 9 N–H and O–H groups in total. The number of hydrogen-bond acceptors (Lipinski definition) is 13. The van der Waals surface area contributed by atoms with E-state index in [-0.39, 0.29) is 18.9 Å². The van der Waals surface area contributed by atoms with Crippen molar-refractivity contribution in [2.45, 2.75) is 364 Å². The Bertz CT molecular complexity index is 1660. The Kier molecular flexibility index (Phi) is 51.7. The van der Waals surface area contributed by atoms with Gasteiger partial charge in [0.15, 0.2) is 12.6 Å². The molecule has 0 bridgehead atoms. The van der Waals surface area contributed by atoms with E-state index in [4.69, 9.17) is 18.9 Å². The van der Waals surface area contributed by atoms with Gasteiger partial charge in [-0.05, 0) is 70.6 Å². The topological polar surface area (TPSA) is 228 Å². The van der Waals surface area contributed by atoms with Crippen LogP contribution in [0.5, 0.6) is 0 Å². The van der Waals surface area contributed by atoms with E-state index in [9.17, 15) is 45.6 Å². The van der Waals surface area contributed by atoms with Crippen LogP contribution >= 0.6 is 0 Å². The molecule has 2 rings (SSSR count). The predicted molar refractivity (Wildman–Crippen MR) is 346 cm³/mol. The van der Waals surface area contributed by atoms with Gasteiger partial charge in [-0.3, -0.25) is 4.79 Å². The van der Waals surface area contributed by atoms with Crippen LogP contribution in [0.1, 0.15) is 290 Å². The highest BCUT2D eigenvalue weighted by Crippen LogP contribution is 2.30. The summed E-state index contributed by atoms with van der Waals surface area (Å²) >= 11 is 0. The molecule has 85 heavy (non-hydrogen) atoms. The molecule has 1 amide bonds. The summed E-state index contributed by atoms with van der Waals surface area (Å²) < 4.78 is 22.8. The molecule has 14 heteroatoms. The zero-order chi connectivity index (χ0) is 61.6. The number of aliphatic hydroxyl groups is 8. The molecule has 14 nitrogen and oxygen atoms in total. The summed E-state index contributed by atoms with van der Waals surface area (Å²) in [6, 6.07) is -0.938. The minimum Gasteiger partial charge on any atom is -0.394 e. The molecule has 0 spiro atoms. The molecule has 0 aromatic rings. The monoisotopic (exact) mass is 1200 g/mol. The van der Waals surface area contributed by atoms with Crippen LogP contribution in [-0.4, -0.2) is 140 Å². The van der Waals surface area contributed by atoms with Gasteiger partial charge < -0.3 is 65.1 Å². The molecule has 0 aliphatic carbocycles. The van der Waals surface area contributed by atoms with Crippen molar-refractivity contribution in [3.63, 3.8) is 0 Å². The van der Waals surface area contributed by atoms with Crippen molar-refractivity contribution in [2.75, 3.05) is 19.8 Å². The number of carbonyl (C=O) groups excluding carboxylic acids is 1. The number of carbonyl (C=O) groups is 1. The molecule has 0 aromatic carbocycles. The van der Waals surface area contributed by atoms with Gasteiger partial charge in [-0.2, -0.15) is 0 Å². The van der Waals surface area contributed by atoms with E-state index in [1.54, 1.807) is 6.08 Å². The molecule has 12 unspecified atom stereocenters. The molecular formula is C71H129NO13. The van der Waals surface area contributed by atoms with Gasteiger partial charge >= 0.3 is 0 Å². The van der Waals surface area contributed by atoms with Crippen LogP contribution in [0.3, 0.4) is 0 Å². The van der Waals surface area contributed by atoms with E-state index < -0.39 is 86.8 Å². The van der Waals surface area contributed by atoms with Crippen molar-refractivity contribution in [2.24, 2.45) is 0 Å². The Morgan fingerprint density at radius 2 is 0.788 bits per heavy atom. The average molecular weight is 1200 g/mol. The smallest absolute Gasteiger partial charge is 0.220 e. The van der Waals surface area contributed by atoms with Gasteiger partial charge in [0.05, 0.1) is 32.0 Å². The maximum Gasteiger partial charge on any atom is 0.220 e. The fraction of sp³-hybridized carbons (Fsp3) is 0.845. The summed E-state index contributed by atoms with van der Waals surface area (Å²) in [5, 5.41) is 87.4. The highest BCUT2D eigenvalue weighted by atomic mass is 16.7. The number of rotatable bonds is 57. The maximum atomic E-state index is 13.3. The van der Waals surface area contributed by atoms with Gasteiger partial charge in [-0.1, -0.05) is 274 Å². The third-order valence-electron chi connectivity index (χ3n) is 16.9. The second-order valence-corrected chi connectivity index (χ2v) is 24.6. The van der Waals surface area contributed by atoms with E-state index in [1.807, 2.05) is 6.08 Å². The molecule has 0 aromatic heterocycles. The third-order valence-corrected chi connectivity index (χ3v) is 16.9. The first kappa shape index (κ1) is 78.8. The number of ether oxygens (including phenoxy) is 4. The Hall–Kier alpha value is -2.31. The molecule has 12 atom stereocenters. The highest BCUT2D eigenvalue weighted by molar-refractivity contribution is 5.76. The van der Waals surface area contributed by atoms with Crippen molar-refractivity contribution in [1.82, 2.24) is 5.32 Å². The average Bonchev–Trinajstić information content (AvgIpc) is 3.29. The number of aliphatic hydroxyl groups excluding tert-OH is 8. The quantitative estimate of drug-likeness (QED) is 0.0204. The molecule has 496 valence electrons. The lowest BCUT2D eigenvalue weighted by molar-refractivity contribution is -0.359. The zero-order valence-corrected chi connectivity index (χ0v) is 53.8. The van der Waals surface area contributed by atoms with Crippen LogP contribution in [0.4, 0.5) is 0 Å². The molecular weight excluding hydrogens is 1070 g/mol. The molecule has 2 aliphatic heterocycles. The standard InChI is InChI=1S/C71H129NO13/c1-3-5-7-9-11-13-15-17-19-21-23-25-27-29-31-32-34-36-38-40-42-44-46-48-50-52-54-60(75)59(58-82-70-68(81)66(79)69(62(57-74)84-70)85-71-67(80)65(78)64(77)61(56-73)83-71)72-63(76)55-53-51-49-47-45-43-41-39-37-35-33-30-28-26-24-22-20-18-16-14-12-10-8-6-4-2/h16,18,22,24,28,30,44,46,52,54,59-62,64-71,73-75,77-81H,3-15,17,19-21,23,25-27,29,31-43,45,47-51,53,55-58H2,1-2H3,(H,72,76)/b18-16-,24-22-,30-28-,46-44+,54-52+. The Balaban J connectivity index is 1.71.